The number of fused-ring (bicyclic) bond motifs is 1. The lowest BCUT2D eigenvalue weighted by Crippen LogP contribution is -2.44. The van der Waals surface area contributed by atoms with Gasteiger partial charge in [-0.1, -0.05) is 30.0 Å². The maximum Gasteiger partial charge on any atom is 0.289 e. The van der Waals surface area contributed by atoms with Gasteiger partial charge < -0.3 is 14.2 Å². The number of piperidine rings is 1. The number of para-hydroxylation sites is 1. The summed E-state index contributed by atoms with van der Waals surface area (Å²) in [6.45, 7) is 4.04. The molecule has 3 aromatic rings. The first-order valence-corrected chi connectivity index (χ1v) is 11.4. The van der Waals surface area contributed by atoms with Crippen molar-refractivity contribution in [3.8, 4) is 0 Å². The molecule has 1 fully saturated rings. The van der Waals surface area contributed by atoms with Crippen LogP contribution >= 0.6 is 23.1 Å². The molecule has 0 N–H and O–H groups in total. The molecule has 1 aliphatic heterocycles. The molecule has 4 rings (SSSR count). The largest absolute Gasteiger partial charge is 0.451 e. The lowest BCUT2D eigenvalue weighted by atomic mass is 10.0. The van der Waals surface area contributed by atoms with E-state index in [4.69, 9.17) is 4.42 Å². The van der Waals surface area contributed by atoms with Crippen LogP contribution in [-0.2, 0) is 5.75 Å². The van der Waals surface area contributed by atoms with Crippen LogP contribution in [0.5, 0.6) is 0 Å². The van der Waals surface area contributed by atoms with E-state index >= 15 is 0 Å². The third kappa shape index (κ3) is 3.97. The Morgan fingerprint density at radius 3 is 2.82 bits per heavy atom. The van der Waals surface area contributed by atoms with Crippen LogP contribution in [0.3, 0.4) is 0 Å². The predicted octanol–water partition coefficient (Wildman–Crippen LogP) is 4.66. The van der Waals surface area contributed by atoms with Gasteiger partial charge in [0.05, 0.1) is 0 Å². The maximum atomic E-state index is 13.3. The number of hydrogen-bond acceptors (Lipinski definition) is 6. The predicted molar refractivity (Wildman–Crippen MR) is 115 cm³/mol. The number of aromatic nitrogens is 1. The maximum absolute atomic E-state index is 13.3. The fourth-order valence-electron chi connectivity index (χ4n) is 3.66. The number of furan rings is 1. The van der Waals surface area contributed by atoms with Crippen LogP contribution in [0.1, 0.15) is 34.7 Å². The molecule has 5 nitrogen and oxygen atoms in total. The number of benzene rings is 1. The Kier molecular flexibility index (Phi) is 5.75. The number of carbonyl (C=O) groups excluding carboxylic acids is 1. The number of carbonyl (C=O) groups is 1. The van der Waals surface area contributed by atoms with Crippen molar-refractivity contribution in [2.75, 3.05) is 27.2 Å². The van der Waals surface area contributed by atoms with Crippen molar-refractivity contribution in [3.63, 3.8) is 0 Å². The van der Waals surface area contributed by atoms with E-state index < -0.39 is 0 Å². The molecule has 0 radical (unpaired) electrons. The monoisotopic (exact) mass is 415 g/mol. The normalized spacial score (nSPS) is 16.0. The highest BCUT2D eigenvalue weighted by molar-refractivity contribution is 8.00. The Morgan fingerprint density at radius 1 is 1.36 bits per heavy atom. The first kappa shape index (κ1) is 19.5. The van der Waals surface area contributed by atoms with E-state index in [1.54, 1.807) is 23.1 Å². The summed E-state index contributed by atoms with van der Waals surface area (Å²) in [6.07, 6.45) is 2.00. The molecule has 28 heavy (non-hydrogen) atoms. The first-order valence-electron chi connectivity index (χ1n) is 9.54. The van der Waals surface area contributed by atoms with Crippen LogP contribution in [0, 0.1) is 6.92 Å². The molecular formula is C21H25N3O2S2. The van der Waals surface area contributed by atoms with Gasteiger partial charge >= 0.3 is 0 Å². The van der Waals surface area contributed by atoms with E-state index in [0.29, 0.717) is 11.5 Å². The average molecular weight is 416 g/mol. The van der Waals surface area contributed by atoms with Crippen molar-refractivity contribution in [3.05, 3.63) is 46.7 Å². The lowest BCUT2D eigenvalue weighted by molar-refractivity contribution is 0.0629. The number of aryl methyl sites for hydroxylation is 1. The van der Waals surface area contributed by atoms with E-state index in [1.165, 1.54) is 0 Å². The summed E-state index contributed by atoms with van der Waals surface area (Å²) in [4.78, 5) is 22.1. The van der Waals surface area contributed by atoms with Gasteiger partial charge in [-0.05, 0) is 46.0 Å². The number of nitrogens with zero attached hydrogens (tertiary/aromatic N) is 3. The highest BCUT2D eigenvalue weighted by atomic mass is 32.2. The van der Waals surface area contributed by atoms with Crippen molar-refractivity contribution in [1.29, 1.82) is 0 Å². The molecule has 0 spiro atoms. The van der Waals surface area contributed by atoms with Crippen molar-refractivity contribution in [2.45, 2.75) is 35.9 Å². The summed E-state index contributed by atoms with van der Waals surface area (Å²) >= 11 is 3.30. The summed E-state index contributed by atoms with van der Waals surface area (Å²) in [7, 11) is 4.04. The zero-order valence-corrected chi connectivity index (χ0v) is 18.1. The van der Waals surface area contributed by atoms with E-state index in [-0.39, 0.29) is 11.9 Å². The van der Waals surface area contributed by atoms with Gasteiger partial charge in [-0.2, -0.15) is 0 Å². The summed E-state index contributed by atoms with van der Waals surface area (Å²) in [5.74, 6) is 1.13. The number of hydrogen-bond donors (Lipinski definition) is 0. The molecule has 0 unspecified atom stereocenters. The Labute approximate surface area is 173 Å². The average Bonchev–Trinajstić information content (AvgIpc) is 3.29. The van der Waals surface area contributed by atoms with Crippen molar-refractivity contribution in [1.82, 2.24) is 14.8 Å². The Hall–Kier alpha value is -1.83. The number of thioether (sulfide) groups is 1. The molecule has 0 saturated carbocycles. The van der Waals surface area contributed by atoms with E-state index in [0.717, 1.165) is 52.5 Å². The van der Waals surface area contributed by atoms with Crippen LogP contribution in [0.2, 0.25) is 0 Å². The standard InChI is InChI=1S/C21H25N3O2S2/c1-14-12-27-21(22-14)28-13-17-16-6-4-5-7-18(16)26-19(17)20(25)24(3)15-8-10-23(2)11-9-15/h4-7,12,15H,8-11,13H2,1-3H3. The van der Waals surface area contributed by atoms with Crippen LogP contribution in [0.15, 0.2) is 38.4 Å². The molecule has 0 atom stereocenters. The summed E-state index contributed by atoms with van der Waals surface area (Å²) in [5.41, 5.74) is 2.77. The quantitative estimate of drug-likeness (QED) is 0.568. The van der Waals surface area contributed by atoms with Gasteiger partial charge in [0, 0.05) is 40.9 Å². The zero-order chi connectivity index (χ0) is 19.7. The van der Waals surface area contributed by atoms with Crippen LogP contribution in [0.4, 0.5) is 0 Å². The van der Waals surface area contributed by atoms with E-state index in [2.05, 4.69) is 22.3 Å². The number of amides is 1. The van der Waals surface area contributed by atoms with Crippen LogP contribution in [-0.4, -0.2) is 53.9 Å². The minimum absolute atomic E-state index is 0.0170. The molecule has 148 valence electrons. The van der Waals surface area contributed by atoms with E-state index in [9.17, 15) is 4.79 Å². The third-order valence-electron chi connectivity index (χ3n) is 5.39. The Balaban J connectivity index is 1.61. The van der Waals surface area contributed by atoms with Crippen molar-refractivity contribution < 1.29 is 9.21 Å². The summed E-state index contributed by atoms with van der Waals surface area (Å²) in [6, 6.07) is 8.17. The number of rotatable bonds is 5. The lowest BCUT2D eigenvalue weighted by Gasteiger charge is -2.34. The fourth-order valence-corrected chi connectivity index (χ4v) is 5.53. The second-order valence-corrected chi connectivity index (χ2v) is 9.48. The molecule has 0 aliphatic carbocycles. The molecule has 1 saturated heterocycles. The zero-order valence-electron chi connectivity index (χ0n) is 16.5. The SMILES string of the molecule is Cc1csc(SCc2c(C(=O)N(C)C3CCN(C)CC3)oc3ccccc23)n1. The number of likely N-dealkylation sites (tertiary alicyclic amines) is 1. The van der Waals surface area contributed by atoms with Crippen molar-refractivity contribution in [2.24, 2.45) is 0 Å². The van der Waals surface area contributed by atoms with E-state index in [1.807, 2.05) is 43.1 Å². The topological polar surface area (TPSA) is 49.6 Å². The van der Waals surface area contributed by atoms with Gasteiger partial charge in [-0.25, -0.2) is 4.98 Å². The highest BCUT2D eigenvalue weighted by Gasteiger charge is 2.29. The molecule has 1 amide bonds. The van der Waals surface area contributed by atoms with Gasteiger partial charge in [0.25, 0.3) is 5.91 Å². The third-order valence-corrected chi connectivity index (χ3v) is 7.55. The highest BCUT2D eigenvalue weighted by Crippen LogP contribution is 2.34. The number of thiazole rings is 1. The van der Waals surface area contributed by atoms with Crippen LogP contribution < -0.4 is 0 Å². The minimum atomic E-state index is -0.0170. The summed E-state index contributed by atoms with van der Waals surface area (Å²) in [5, 5.41) is 3.07. The van der Waals surface area contributed by atoms with Gasteiger partial charge in [0.15, 0.2) is 5.76 Å². The van der Waals surface area contributed by atoms with Gasteiger partial charge in [0.1, 0.15) is 9.92 Å². The Bertz CT molecular complexity index is 973. The molecule has 7 heteroatoms. The second kappa shape index (κ2) is 8.27. The first-order chi connectivity index (χ1) is 13.5. The molecule has 1 aromatic carbocycles. The second-order valence-electron chi connectivity index (χ2n) is 7.40. The smallest absolute Gasteiger partial charge is 0.289 e. The fraction of sp³-hybridized carbons (Fsp3) is 0.429. The minimum Gasteiger partial charge on any atom is -0.451 e. The molecular weight excluding hydrogens is 390 g/mol. The van der Waals surface area contributed by atoms with Gasteiger partial charge in [-0.15, -0.1) is 11.3 Å². The molecule has 3 heterocycles. The van der Waals surface area contributed by atoms with Crippen molar-refractivity contribution >= 4 is 40.0 Å². The van der Waals surface area contributed by atoms with Gasteiger partial charge in [-0.3, -0.25) is 4.79 Å². The molecule has 1 aliphatic rings. The van der Waals surface area contributed by atoms with Crippen LogP contribution in [0.25, 0.3) is 11.0 Å². The Morgan fingerprint density at radius 2 is 2.11 bits per heavy atom. The molecule has 2 aromatic heterocycles. The summed E-state index contributed by atoms with van der Waals surface area (Å²) < 4.78 is 7.07. The molecule has 0 bridgehead atoms. The van der Waals surface area contributed by atoms with Gasteiger partial charge in [0.2, 0.25) is 0 Å².